The molecule has 0 spiro atoms. The summed E-state index contributed by atoms with van der Waals surface area (Å²) in [6.45, 7) is 3.17. The van der Waals surface area contributed by atoms with Gasteiger partial charge in [-0.3, -0.25) is 9.48 Å². The first-order valence-electron chi connectivity index (χ1n) is 7.18. The highest BCUT2D eigenvalue weighted by Gasteiger charge is 2.28. The molecule has 0 aromatic carbocycles. The van der Waals surface area contributed by atoms with Crippen LogP contribution >= 0.6 is 0 Å². The Hall–Kier alpha value is -1.89. The van der Waals surface area contributed by atoms with Crippen LogP contribution in [0.3, 0.4) is 0 Å². The highest BCUT2D eigenvalue weighted by molar-refractivity contribution is 5.87. The number of hydrogen-bond acceptors (Lipinski definition) is 5. The summed E-state index contributed by atoms with van der Waals surface area (Å²) in [4.78, 5) is 22.4. The summed E-state index contributed by atoms with van der Waals surface area (Å²) in [5.74, 6) is -1.22. The summed E-state index contributed by atoms with van der Waals surface area (Å²) in [5, 5.41) is 16.7. The van der Waals surface area contributed by atoms with Gasteiger partial charge in [-0.15, -0.1) is 0 Å². The minimum atomic E-state index is -0.978. The van der Waals surface area contributed by atoms with Crippen LogP contribution in [-0.2, 0) is 28.9 Å². The first kappa shape index (κ1) is 15.5. The second kappa shape index (κ2) is 6.71. The molecule has 0 unspecified atom stereocenters. The highest BCUT2D eigenvalue weighted by Crippen LogP contribution is 2.25. The van der Waals surface area contributed by atoms with E-state index in [0.717, 1.165) is 24.1 Å². The smallest absolute Gasteiger partial charge is 0.356 e. The number of carbonyl (C=O) groups is 2. The van der Waals surface area contributed by atoms with Gasteiger partial charge in [0.15, 0.2) is 5.69 Å². The van der Waals surface area contributed by atoms with Crippen molar-refractivity contribution in [2.45, 2.75) is 45.2 Å². The van der Waals surface area contributed by atoms with Gasteiger partial charge in [0.05, 0.1) is 13.5 Å². The molecule has 2 rings (SSSR count). The molecule has 7 heteroatoms. The van der Waals surface area contributed by atoms with E-state index in [1.807, 2.05) is 6.92 Å². The van der Waals surface area contributed by atoms with E-state index < -0.39 is 5.97 Å². The van der Waals surface area contributed by atoms with Crippen LogP contribution in [-0.4, -0.2) is 46.5 Å². The number of aryl methyl sites for hydroxylation is 1. The number of carbonyl (C=O) groups excluding carboxylic acids is 1. The molecule has 1 aliphatic carbocycles. The third kappa shape index (κ3) is 3.41. The maximum Gasteiger partial charge on any atom is 0.356 e. The molecule has 0 bridgehead atoms. The van der Waals surface area contributed by atoms with Crippen LogP contribution in [0.5, 0.6) is 0 Å². The zero-order valence-electron chi connectivity index (χ0n) is 12.4. The first-order chi connectivity index (χ1) is 10.1. The standard InChI is InChI=1S/C14H21N3O4/c1-3-17-11-5-4-9(15-7-6-12(18)21-2)8-10(11)13(16-17)14(19)20/h9,15H,3-8H2,1-2H3,(H,19,20)/t9-/m1/s1. The molecule has 2 N–H and O–H groups in total. The van der Waals surface area contributed by atoms with E-state index in [9.17, 15) is 14.7 Å². The molecule has 0 amide bonds. The third-order valence-electron chi connectivity index (χ3n) is 3.84. The molecule has 21 heavy (non-hydrogen) atoms. The van der Waals surface area contributed by atoms with Crippen molar-refractivity contribution in [3.8, 4) is 0 Å². The number of methoxy groups -OCH3 is 1. The van der Waals surface area contributed by atoms with Crippen molar-refractivity contribution in [2.24, 2.45) is 0 Å². The van der Waals surface area contributed by atoms with Gasteiger partial charge in [-0.2, -0.15) is 5.10 Å². The largest absolute Gasteiger partial charge is 0.476 e. The van der Waals surface area contributed by atoms with Crippen LogP contribution in [0.25, 0.3) is 0 Å². The van der Waals surface area contributed by atoms with Crippen molar-refractivity contribution in [1.82, 2.24) is 15.1 Å². The van der Waals surface area contributed by atoms with Gasteiger partial charge < -0.3 is 15.2 Å². The molecule has 1 heterocycles. The summed E-state index contributed by atoms with van der Waals surface area (Å²) in [6.07, 6.45) is 2.68. The van der Waals surface area contributed by atoms with E-state index >= 15 is 0 Å². The second-order valence-corrected chi connectivity index (χ2v) is 5.11. The molecule has 0 fully saturated rings. The van der Waals surface area contributed by atoms with E-state index in [4.69, 9.17) is 0 Å². The van der Waals surface area contributed by atoms with Gasteiger partial charge in [0, 0.05) is 30.4 Å². The van der Waals surface area contributed by atoms with Crippen LogP contribution in [0.15, 0.2) is 0 Å². The number of aromatic carboxylic acids is 1. The molecule has 1 aromatic heterocycles. The Morgan fingerprint density at radius 3 is 2.90 bits per heavy atom. The Kier molecular flexibility index (Phi) is 4.95. The van der Waals surface area contributed by atoms with Crippen LogP contribution < -0.4 is 5.32 Å². The van der Waals surface area contributed by atoms with Gasteiger partial charge in [0.25, 0.3) is 0 Å². The van der Waals surface area contributed by atoms with Gasteiger partial charge >= 0.3 is 11.9 Å². The fourth-order valence-corrected chi connectivity index (χ4v) is 2.78. The summed E-state index contributed by atoms with van der Waals surface area (Å²) in [6, 6.07) is 0.176. The molecule has 1 atom stereocenters. The van der Waals surface area contributed by atoms with E-state index in [1.54, 1.807) is 4.68 Å². The fraction of sp³-hybridized carbons (Fsp3) is 0.643. The van der Waals surface area contributed by atoms with Crippen LogP contribution in [0, 0.1) is 0 Å². The second-order valence-electron chi connectivity index (χ2n) is 5.11. The number of esters is 1. The number of nitrogens with zero attached hydrogens (tertiary/aromatic N) is 2. The minimum absolute atomic E-state index is 0.159. The Morgan fingerprint density at radius 2 is 2.29 bits per heavy atom. The molecule has 1 aromatic rings. The summed E-state index contributed by atoms with van der Waals surface area (Å²) in [5.41, 5.74) is 2.01. The van der Waals surface area contributed by atoms with Gasteiger partial charge in [-0.1, -0.05) is 0 Å². The van der Waals surface area contributed by atoms with Crippen molar-refractivity contribution in [3.05, 3.63) is 17.0 Å². The van der Waals surface area contributed by atoms with Gasteiger partial charge in [0.1, 0.15) is 0 Å². The normalized spacial score (nSPS) is 17.3. The molecule has 7 nitrogen and oxygen atoms in total. The third-order valence-corrected chi connectivity index (χ3v) is 3.84. The average Bonchev–Trinajstić information content (AvgIpc) is 2.85. The molecule has 0 saturated carbocycles. The molecular weight excluding hydrogens is 274 g/mol. The quantitative estimate of drug-likeness (QED) is 0.747. The fourth-order valence-electron chi connectivity index (χ4n) is 2.78. The first-order valence-corrected chi connectivity index (χ1v) is 7.18. The summed E-state index contributed by atoms with van der Waals surface area (Å²) in [7, 11) is 1.37. The lowest BCUT2D eigenvalue weighted by atomic mass is 9.91. The number of aromatic nitrogens is 2. The lowest BCUT2D eigenvalue weighted by Gasteiger charge is -2.24. The van der Waals surface area contributed by atoms with Crippen LogP contribution in [0.1, 0.15) is 41.5 Å². The topological polar surface area (TPSA) is 93.5 Å². The number of nitrogens with one attached hydrogen (secondary N) is 1. The number of hydrogen-bond donors (Lipinski definition) is 2. The molecule has 116 valence electrons. The van der Waals surface area contributed by atoms with Crippen molar-refractivity contribution in [2.75, 3.05) is 13.7 Å². The summed E-state index contributed by atoms with van der Waals surface area (Å²) < 4.78 is 6.38. The predicted molar refractivity (Wildman–Crippen MR) is 75.3 cm³/mol. The van der Waals surface area contributed by atoms with Crippen LogP contribution in [0.4, 0.5) is 0 Å². The summed E-state index contributed by atoms with van der Waals surface area (Å²) >= 11 is 0. The molecule has 1 aliphatic rings. The molecule has 0 aliphatic heterocycles. The Bertz CT molecular complexity index is 539. The number of rotatable bonds is 6. The van der Waals surface area contributed by atoms with E-state index in [0.29, 0.717) is 25.9 Å². The monoisotopic (exact) mass is 295 g/mol. The maximum atomic E-state index is 11.3. The average molecular weight is 295 g/mol. The van der Waals surface area contributed by atoms with Gasteiger partial charge in [-0.25, -0.2) is 4.79 Å². The predicted octanol–water partition coefficient (Wildman–Crippen LogP) is 0.611. The van der Waals surface area contributed by atoms with E-state index in [2.05, 4.69) is 15.2 Å². The van der Waals surface area contributed by atoms with Crippen molar-refractivity contribution >= 4 is 11.9 Å². The Labute approximate surface area is 123 Å². The maximum absolute atomic E-state index is 11.3. The minimum Gasteiger partial charge on any atom is -0.476 e. The lowest BCUT2D eigenvalue weighted by Crippen LogP contribution is -2.36. The van der Waals surface area contributed by atoms with Gasteiger partial charge in [-0.05, 0) is 26.2 Å². The number of carboxylic acid groups (broad SMARTS) is 1. The van der Waals surface area contributed by atoms with Gasteiger partial charge in [0.2, 0.25) is 0 Å². The Morgan fingerprint density at radius 1 is 1.52 bits per heavy atom. The SMILES string of the molecule is CCn1nc(C(=O)O)c2c1CC[C@@H](NCCC(=O)OC)C2. The van der Waals surface area contributed by atoms with Crippen molar-refractivity contribution < 1.29 is 19.4 Å². The molecule has 0 radical (unpaired) electrons. The van der Waals surface area contributed by atoms with Crippen LogP contribution in [0.2, 0.25) is 0 Å². The molecular formula is C14H21N3O4. The molecule has 0 saturated heterocycles. The number of fused-ring (bicyclic) bond motifs is 1. The number of carboxylic acids is 1. The van der Waals surface area contributed by atoms with Crippen molar-refractivity contribution in [3.63, 3.8) is 0 Å². The Balaban J connectivity index is 2.03. The van der Waals surface area contributed by atoms with E-state index in [-0.39, 0.29) is 17.7 Å². The highest BCUT2D eigenvalue weighted by atomic mass is 16.5. The van der Waals surface area contributed by atoms with E-state index in [1.165, 1.54) is 7.11 Å². The zero-order chi connectivity index (χ0) is 15.4. The zero-order valence-corrected chi connectivity index (χ0v) is 12.4. The van der Waals surface area contributed by atoms with Crippen molar-refractivity contribution in [1.29, 1.82) is 0 Å². The number of ether oxygens (including phenoxy) is 1. The lowest BCUT2D eigenvalue weighted by molar-refractivity contribution is -0.140.